The molecule has 1 saturated heterocycles. The van der Waals surface area contributed by atoms with Crippen molar-refractivity contribution in [3.63, 3.8) is 0 Å². The minimum absolute atomic E-state index is 0.00498. The summed E-state index contributed by atoms with van der Waals surface area (Å²) in [4.78, 5) is 36.4. The van der Waals surface area contributed by atoms with Crippen molar-refractivity contribution in [1.29, 1.82) is 0 Å². The van der Waals surface area contributed by atoms with Crippen LogP contribution in [0.1, 0.15) is 6.92 Å². The Bertz CT molecular complexity index is 1380. The monoisotopic (exact) mass is 518 g/mol. The van der Waals surface area contributed by atoms with Crippen LogP contribution in [0.15, 0.2) is 51.7 Å². The summed E-state index contributed by atoms with van der Waals surface area (Å²) in [7, 11) is 0. The summed E-state index contributed by atoms with van der Waals surface area (Å²) in [5.74, 6) is -3.34. The van der Waals surface area contributed by atoms with E-state index in [-0.39, 0.29) is 28.2 Å². The third-order valence-corrected chi connectivity index (χ3v) is 5.64. The smallest absolute Gasteiger partial charge is 0.340 e. The van der Waals surface area contributed by atoms with Crippen molar-refractivity contribution >= 4 is 22.9 Å². The molecule has 6 N–H and O–H groups in total. The molecule has 2 aromatic carbocycles. The molecule has 13 nitrogen and oxygen atoms in total. The molecule has 1 aliphatic rings. The second-order valence-electron chi connectivity index (χ2n) is 8.27. The number of carboxylic acids is 1. The van der Waals surface area contributed by atoms with Crippen LogP contribution in [0.3, 0.4) is 0 Å². The molecule has 1 aromatic heterocycles. The average molecular weight is 518 g/mol. The van der Waals surface area contributed by atoms with Crippen molar-refractivity contribution in [3.05, 3.63) is 52.7 Å². The van der Waals surface area contributed by atoms with Crippen LogP contribution in [-0.2, 0) is 19.1 Å². The number of hydrogen-bond acceptors (Lipinski definition) is 12. The lowest BCUT2D eigenvalue weighted by Gasteiger charge is -2.39. The standard InChI is InChI=1S/C24H22O13/c1-9(34-24-20(30)18(28)19(29)21(37-24)22(31)32)23(33)35-12-6-13(26)17-14(27)8-15(36-16(17)7-12)10-2-4-11(25)5-3-10/h2-9,18-21,24-26,28-30H,1H3,(H,31,32)/t9?,18-,19-,20+,21?,24+/m1/s1. The van der Waals surface area contributed by atoms with Crippen molar-refractivity contribution in [1.82, 2.24) is 0 Å². The fourth-order valence-electron chi connectivity index (χ4n) is 3.69. The van der Waals surface area contributed by atoms with E-state index in [2.05, 4.69) is 0 Å². The molecule has 1 aliphatic heterocycles. The van der Waals surface area contributed by atoms with Crippen LogP contribution in [0.5, 0.6) is 17.2 Å². The van der Waals surface area contributed by atoms with Crippen molar-refractivity contribution in [3.8, 4) is 28.6 Å². The van der Waals surface area contributed by atoms with E-state index >= 15 is 0 Å². The Hall–Kier alpha value is -4.01. The zero-order valence-electron chi connectivity index (χ0n) is 19.0. The summed E-state index contributed by atoms with van der Waals surface area (Å²) >= 11 is 0. The first-order chi connectivity index (χ1) is 17.5. The summed E-state index contributed by atoms with van der Waals surface area (Å²) in [5.41, 5.74) is -0.230. The molecular weight excluding hydrogens is 496 g/mol. The lowest BCUT2D eigenvalue weighted by molar-refractivity contribution is -0.301. The second-order valence-corrected chi connectivity index (χ2v) is 8.27. The SMILES string of the molecule is CC(O[C@H]1OC(C(=O)O)[C@H](O)[C@@H](O)[C@@H]1O)C(=O)Oc1cc(O)c2c(=O)cc(-c3ccc(O)cc3)oc2c1. The highest BCUT2D eigenvalue weighted by Crippen LogP contribution is 2.32. The van der Waals surface area contributed by atoms with Gasteiger partial charge in [-0.3, -0.25) is 4.79 Å². The summed E-state index contributed by atoms with van der Waals surface area (Å²) in [6, 6.07) is 9.13. The van der Waals surface area contributed by atoms with Crippen LogP contribution in [0.2, 0.25) is 0 Å². The quantitative estimate of drug-likeness (QED) is 0.189. The van der Waals surface area contributed by atoms with E-state index in [9.17, 15) is 39.9 Å². The molecule has 2 unspecified atom stereocenters. The number of aromatic hydroxyl groups is 2. The minimum Gasteiger partial charge on any atom is -0.508 e. The molecule has 0 saturated carbocycles. The second kappa shape index (κ2) is 10.2. The molecule has 13 heteroatoms. The third kappa shape index (κ3) is 5.26. The number of hydrogen-bond donors (Lipinski definition) is 6. The molecule has 196 valence electrons. The van der Waals surface area contributed by atoms with E-state index in [4.69, 9.17) is 23.7 Å². The Morgan fingerprint density at radius 2 is 1.65 bits per heavy atom. The van der Waals surface area contributed by atoms with Gasteiger partial charge in [-0.25, -0.2) is 9.59 Å². The fraction of sp³-hybridized carbons (Fsp3) is 0.292. The molecule has 1 fully saturated rings. The van der Waals surface area contributed by atoms with Gasteiger partial charge in [0.25, 0.3) is 0 Å². The zero-order chi connectivity index (χ0) is 27.0. The molecule has 0 spiro atoms. The number of aliphatic carboxylic acids is 1. The number of aliphatic hydroxyl groups is 3. The number of phenols is 2. The number of aliphatic hydroxyl groups excluding tert-OH is 3. The van der Waals surface area contributed by atoms with E-state index in [1.807, 2.05) is 0 Å². The maximum Gasteiger partial charge on any atom is 0.340 e. The maximum absolute atomic E-state index is 12.6. The van der Waals surface area contributed by atoms with Gasteiger partial charge >= 0.3 is 11.9 Å². The van der Waals surface area contributed by atoms with Gasteiger partial charge < -0.3 is 49.3 Å². The van der Waals surface area contributed by atoms with Gasteiger partial charge in [-0.05, 0) is 31.2 Å². The van der Waals surface area contributed by atoms with Crippen LogP contribution < -0.4 is 10.2 Å². The summed E-state index contributed by atoms with van der Waals surface area (Å²) < 4.78 is 21.1. The van der Waals surface area contributed by atoms with Gasteiger partial charge in [-0.15, -0.1) is 0 Å². The summed E-state index contributed by atoms with van der Waals surface area (Å²) in [5, 5.41) is 58.4. The Labute approximate surface area is 207 Å². The molecule has 4 rings (SSSR count). The van der Waals surface area contributed by atoms with Crippen LogP contribution in [0.25, 0.3) is 22.3 Å². The zero-order valence-corrected chi connectivity index (χ0v) is 19.0. The van der Waals surface area contributed by atoms with Gasteiger partial charge in [0.05, 0.1) is 0 Å². The molecule has 0 bridgehead atoms. The summed E-state index contributed by atoms with van der Waals surface area (Å²) in [6.45, 7) is 1.19. The van der Waals surface area contributed by atoms with E-state index < -0.39 is 59.9 Å². The lowest BCUT2D eigenvalue weighted by Crippen LogP contribution is -2.61. The first kappa shape index (κ1) is 26.1. The Morgan fingerprint density at radius 3 is 2.30 bits per heavy atom. The Balaban J connectivity index is 1.54. The van der Waals surface area contributed by atoms with E-state index in [1.54, 1.807) is 0 Å². The number of rotatable bonds is 6. The van der Waals surface area contributed by atoms with E-state index in [0.717, 1.165) is 12.1 Å². The minimum atomic E-state index is -1.93. The van der Waals surface area contributed by atoms with Gasteiger partial charge in [0, 0.05) is 23.8 Å². The van der Waals surface area contributed by atoms with Gasteiger partial charge in [0.1, 0.15) is 52.3 Å². The predicted molar refractivity (Wildman–Crippen MR) is 122 cm³/mol. The lowest BCUT2D eigenvalue weighted by atomic mass is 9.99. The molecule has 0 aliphatic carbocycles. The first-order valence-electron chi connectivity index (χ1n) is 10.9. The van der Waals surface area contributed by atoms with Crippen LogP contribution in [-0.4, -0.2) is 79.4 Å². The number of carbonyl (C=O) groups is 2. The Kier molecular flexibility index (Phi) is 7.16. The molecular formula is C24H22O13. The Morgan fingerprint density at radius 1 is 0.973 bits per heavy atom. The maximum atomic E-state index is 12.6. The number of ether oxygens (including phenoxy) is 3. The van der Waals surface area contributed by atoms with Crippen molar-refractivity contribution in [2.24, 2.45) is 0 Å². The highest BCUT2D eigenvalue weighted by Gasteiger charge is 2.48. The van der Waals surface area contributed by atoms with Crippen LogP contribution >= 0.6 is 0 Å². The highest BCUT2D eigenvalue weighted by atomic mass is 16.7. The molecule has 3 aromatic rings. The van der Waals surface area contributed by atoms with Crippen molar-refractivity contribution in [2.45, 2.75) is 43.7 Å². The van der Waals surface area contributed by atoms with E-state index in [1.165, 1.54) is 37.3 Å². The fourth-order valence-corrected chi connectivity index (χ4v) is 3.69. The van der Waals surface area contributed by atoms with Crippen LogP contribution in [0, 0.1) is 0 Å². The number of benzene rings is 2. The predicted octanol–water partition coefficient (Wildman–Crippen LogP) is 0.0739. The van der Waals surface area contributed by atoms with Gasteiger partial charge in [-0.2, -0.15) is 0 Å². The molecule has 0 radical (unpaired) electrons. The number of fused-ring (bicyclic) bond motifs is 1. The average Bonchev–Trinajstić information content (AvgIpc) is 2.83. The third-order valence-electron chi connectivity index (χ3n) is 5.64. The highest BCUT2D eigenvalue weighted by molar-refractivity contribution is 5.87. The number of carbonyl (C=O) groups excluding carboxylic acids is 1. The number of esters is 1. The van der Waals surface area contributed by atoms with E-state index in [0.29, 0.717) is 5.56 Å². The topological polar surface area (TPSA) is 213 Å². The van der Waals surface area contributed by atoms with Gasteiger partial charge in [0.15, 0.2) is 23.9 Å². The number of phenolic OH excluding ortho intramolecular Hbond substituents is 2. The molecule has 6 atom stereocenters. The van der Waals surface area contributed by atoms with Gasteiger partial charge in [0.2, 0.25) is 0 Å². The first-order valence-corrected chi connectivity index (χ1v) is 10.9. The van der Waals surface area contributed by atoms with Crippen molar-refractivity contribution in [2.75, 3.05) is 0 Å². The van der Waals surface area contributed by atoms with Gasteiger partial charge in [-0.1, -0.05) is 0 Å². The van der Waals surface area contributed by atoms with Crippen molar-refractivity contribution < 1.29 is 58.9 Å². The number of carboxylic acid groups (broad SMARTS) is 1. The normalized spacial score (nSPS) is 24.5. The molecule has 0 amide bonds. The largest absolute Gasteiger partial charge is 0.508 e. The molecule has 2 heterocycles. The van der Waals surface area contributed by atoms with Crippen LogP contribution in [0.4, 0.5) is 0 Å². The summed E-state index contributed by atoms with van der Waals surface area (Å²) in [6.07, 6.45) is -10.9. The molecule has 37 heavy (non-hydrogen) atoms.